The second kappa shape index (κ2) is 5.86. The molecule has 0 unspecified atom stereocenters. The maximum atomic E-state index is 8.43. The standard InChI is InChI=1S/C10H21N3O/c1-13(8-10(11)12-14)7-9-5-3-2-4-6-9/h9,14H,2-8H2,1H3,(H2,11,12). The van der Waals surface area contributed by atoms with Crippen molar-refractivity contribution >= 4 is 5.84 Å². The lowest BCUT2D eigenvalue weighted by molar-refractivity contribution is 0.249. The van der Waals surface area contributed by atoms with E-state index >= 15 is 0 Å². The van der Waals surface area contributed by atoms with Gasteiger partial charge in [0, 0.05) is 6.54 Å². The van der Waals surface area contributed by atoms with Crippen LogP contribution in [0, 0.1) is 5.92 Å². The van der Waals surface area contributed by atoms with Crippen molar-refractivity contribution < 1.29 is 5.21 Å². The number of oxime groups is 1. The summed E-state index contributed by atoms with van der Waals surface area (Å²) in [5, 5.41) is 11.4. The third kappa shape index (κ3) is 3.96. The van der Waals surface area contributed by atoms with Crippen LogP contribution >= 0.6 is 0 Å². The summed E-state index contributed by atoms with van der Waals surface area (Å²) in [6.07, 6.45) is 6.78. The lowest BCUT2D eigenvalue weighted by Gasteiger charge is -2.26. The molecule has 0 bridgehead atoms. The molecule has 0 aliphatic heterocycles. The number of likely N-dealkylation sites (N-methyl/N-ethyl adjacent to an activating group) is 1. The molecule has 0 radical (unpaired) electrons. The van der Waals surface area contributed by atoms with Crippen molar-refractivity contribution in [2.24, 2.45) is 16.8 Å². The van der Waals surface area contributed by atoms with Crippen molar-refractivity contribution in [3.63, 3.8) is 0 Å². The van der Waals surface area contributed by atoms with Gasteiger partial charge in [0.15, 0.2) is 5.84 Å². The van der Waals surface area contributed by atoms with Gasteiger partial charge in [-0.3, -0.25) is 4.90 Å². The second-order valence-corrected chi connectivity index (χ2v) is 4.29. The first-order chi connectivity index (χ1) is 6.72. The van der Waals surface area contributed by atoms with Gasteiger partial charge in [-0.05, 0) is 25.8 Å². The molecule has 0 saturated heterocycles. The van der Waals surface area contributed by atoms with E-state index in [-0.39, 0.29) is 0 Å². The maximum Gasteiger partial charge on any atom is 0.153 e. The van der Waals surface area contributed by atoms with Crippen LogP contribution in [0.3, 0.4) is 0 Å². The van der Waals surface area contributed by atoms with Gasteiger partial charge in [0.25, 0.3) is 0 Å². The first-order valence-electron chi connectivity index (χ1n) is 5.37. The van der Waals surface area contributed by atoms with Crippen LogP contribution < -0.4 is 5.73 Å². The van der Waals surface area contributed by atoms with Gasteiger partial charge in [-0.1, -0.05) is 24.4 Å². The quantitative estimate of drug-likeness (QED) is 0.310. The van der Waals surface area contributed by atoms with Crippen LogP contribution in [-0.4, -0.2) is 36.1 Å². The van der Waals surface area contributed by atoms with Crippen molar-refractivity contribution in [2.75, 3.05) is 20.1 Å². The number of hydrogen-bond acceptors (Lipinski definition) is 3. The van der Waals surface area contributed by atoms with Crippen LogP contribution in [0.4, 0.5) is 0 Å². The van der Waals surface area contributed by atoms with Gasteiger partial charge in [0.2, 0.25) is 0 Å². The van der Waals surface area contributed by atoms with Gasteiger partial charge in [0.05, 0.1) is 6.54 Å². The monoisotopic (exact) mass is 199 g/mol. The van der Waals surface area contributed by atoms with E-state index in [0.717, 1.165) is 12.5 Å². The smallest absolute Gasteiger partial charge is 0.153 e. The zero-order valence-electron chi connectivity index (χ0n) is 8.95. The van der Waals surface area contributed by atoms with Crippen LogP contribution in [-0.2, 0) is 0 Å². The highest BCUT2D eigenvalue weighted by Gasteiger charge is 2.15. The van der Waals surface area contributed by atoms with E-state index in [4.69, 9.17) is 10.9 Å². The lowest BCUT2D eigenvalue weighted by Crippen LogP contribution is -2.34. The highest BCUT2D eigenvalue weighted by atomic mass is 16.4. The molecule has 14 heavy (non-hydrogen) atoms. The molecule has 4 heteroatoms. The molecule has 0 atom stereocenters. The number of nitrogens with zero attached hydrogens (tertiary/aromatic N) is 2. The Bertz CT molecular complexity index is 188. The Kier molecular flexibility index (Phi) is 4.73. The largest absolute Gasteiger partial charge is 0.409 e. The predicted molar refractivity (Wildman–Crippen MR) is 57.5 cm³/mol. The van der Waals surface area contributed by atoms with Crippen molar-refractivity contribution in [1.29, 1.82) is 0 Å². The molecule has 4 nitrogen and oxygen atoms in total. The average molecular weight is 199 g/mol. The van der Waals surface area contributed by atoms with E-state index in [9.17, 15) is 0 Å². The zero-order valence-corrected chi connectivity index (χ0v) is 8.95. The van der Waals surface area contributed by atoms with E-state index in [1.807, 2.05) is 7.05 Å². The molecule has 1 aliphatic rings. The second-order valence-electron chi connectivity index (χ2n) is 4.29. The molecule has 1 rings (SSSR count). The van der Waals surface area contributed by atoms with Gasteiger partial charge >= 0.3 is 0 Å². The Labute approximate surface area is 85.8 Å². The fourth-order valence-corrected chi connectivity index (χ4v) is 2.18. The maximum absolute atomic E-state index is 8.43. The minimum atomic E-state index is 0.295. The molecule has 0 amide bonds. The fourth-order valence-electron chi connectivity index (χ4n) is 2.18. The Balaban J connectivity index is 2.21. The SMILES string of the molecule is CN(CC(N)=NO)CC1CCCCC1. The van der Waals surface area contributed by atoms with E-state index in [1.165, 1.54) is 32.1 Å². The summed E-state index contributed by atoms with van der Waals surface area (Å²) < 4.78 is 0. The van der Waals surface area contributed by atoms with Gasteiger partial charge in [-0.2, -0.15) is 0 Å². The van der Waals surface area contributed by atoms with Crippen LogP contribution in [0.15, 0.2) is 5.16 Å². The topological polar surface area (TPSA) is 61.8 Å². The highest BCUT2D eigenvalue weighted by molar-refractivity contribution is 5.81. The Hall–Kier alpha value is -0.770. The van der Waals surface area contributed by atoms with E-state index < -0.39 is 0 Å². The van der Waals surface area contributed by atoms with E-state index in [2.05, 4.69) is 10.1 Å². The summed E-state index contributed by atoms with van der Waals surface area (Å²) >= 11 is 0. The van der Waals surface area contributed by atoms with Crippen LogP contribution in [0.1, 0.15) is 32.1 Å². The van der Waals surface area contributed by atoms with E-state index in [0.29, 0.717) is 12.4 Å². The predicted octanol–water partition coefficient (Wildman–Crippen LogP) is 1.24. The lowest BCUT2D eigenvalue weighted by atomic mass is 9.89. The molecule has 1 fully saturated rings. The highest BCUT2D eigenvalue weighted by Crippen LogP contribution is 2.23. The molecular weight excluding hydrogens is 178 g/mol. The summed E-state index contributed by atoms with van der Waals surface area (Å²) in [7, 11) is 2.02. The molecule has 0 aromatic rings. The summed E-state index contributed by atoms with van der Waals surface area (Å²) in [5.41, 5.74) is 5.44. The molecule has 0 heterocycles. The minimum Gasteiger partial charge on any atom is -0.409 e. The molecule has 0 aromatic heterocycles. The summed E-state index contributed by atoms with van der Waals surface area (Å²) in [5.74, 6) is 1.10. The number of hydrogen-bond donors (Lipinski definition) is 2. The van der Waals surface area contributed by atoms with E-state index in [1.54, 1.807) is 0 Å². The van der Waals surface area contributed by atoms with Crippen molar-refractivity contribution in [3.05, 3.63) is 0 Å². The van der Waals surface area contributed by atoms with Gasteiger partial charge in [0.1, 0.15) is 0 Å². The number of amidine groups is 1. The third-order valence-corrected chi connectivity index (χ3v) is 2.85. The summed E-state index contributed by atoms with van der Waals surface area (Å²) in [4.78, 5) is 2.13. The molecular formula is C10H21N3O. The zero-order chi connectivity index (χ0) is 10.4. The molecule has 82 valence electrons. The average Bonchev–Trinajstić information content (AvgIpc) is 2.19. The number of nitrogens with two attached hydrogens (primary N) is 1. The molecule has 0 aromatic carbocycles. The minimum absolute atomic E-state index is 0.295. The van der Waals surface area contributed by atoms with Crippen LogP contribution in [0.2, 0.25) is 0 Å². The first kappa shape index (κ1) is 11.3. The summed E-state index contributed by atoms with van der Waals surface area (Å²) in [6.45, 7) is 1.63. The fraction of sp³-hybridized carbons (Fsp3) is 0.900. The van der Waals surface area contributed by atoms with Crippen LogP contribution in [0.25, 0.3) is 0 Å². The molecule has 1 aliphatic carbocycles. The van der Waals surface area contributed by atoms with Gasteiger partial charge in [-0.15, -0.1) is 0 Å². The van der Waals surface area contributed by atoms with Crippen LogP contribution in [0.5, 0.6) is 0 Å². The molecule has 3 N–H and O–H groups in total. The third-order valence-electron chi connectivity index (χ3n) is 2.85. The number of rotatable bonds is 4. The van der Waals surface area contributed by atoms with Crippen molar-refractivity contribution in [1.82, 2.24) is 4.90 Å². The van der Waals surface area contributed by atoms with Gasteiger partial charge < -0.3 is 10.9 Å². The normalized spacial score (nSPS) is 20.3. The molecule has 0 spiro atoms. The van der Waals surface area contributed by atoms with Crippen molar-refractivity contribution in [3.8, 4) is 0 Å². The Morgan fingerprint density at radius 1 is 1.43 bits per heavy atom. The first-order valence-corrected chi connectivity index (χ1v) is 5.37. The van der Waals surface area contributed by atoms with Gasteiger partial charge in [-0.25, -0.2) is 0 Å². The molecule has 1 saturated carbocycles. The van der Waals surface area contributed by atoms with Crippen molar-refractivity contribution in [2.45, 2.75) is 32.1 Å². The summed E-state index contributed by atoms with van der Waals surface area (Å²) in [6, 6.07) is 0. The Morgan fingerprint density at radius 3 is 2.64 bits per heavy atom. The Morgan fingerprint density at radius 2 is 2.07 bits per heavy atom.